The van der Waals surface area contributed by atoms with Crippen LogP contribution in [0.5, 0.6) is 11.5 Å². The second-order valence-corrected chi connectivity index (χ2v) is 15.1. The molecule has 11 heteroatoms. The predicted molar refractivity (Wildman–Crippen MR) is 196 cm³/mol. The van der Waals surface area contributed by atoms with Crippen LogP contribution in [-0.4, -0.2) is 58.5 Å². The number of aryl methyl sites for hydroxylation is 2. The van der Waals surface area contributed by atoms with Crippen molar-refractivity contribution < 1.29 is 27.5 Å². The largest absolute Gasteiger partial charge is 0.493 e. The summed E-state index contributed by atoms with van der Waals surface area (Å²) in [5.74, 6) is -0.0664. The van der Waals surface area contributed by atoms with Crippen LogP contribution in [0.4, 0.5) is 5.69 Å². The highest BCUT2D eigenvalue weighted by Gasteiger charge is 2.35. The normalized spacial score (nSPS) is 11.9. The number of hydrogen-bond donors (Lipinski definition) is 1. The van der Waals surface area contributed by atoms with Gasteiger partial charge in [-0.1, -0.05) is 78.3 Å². The van der Waals surface area contributed by atoms with Gasteiger partial charge in [0.05, 0.1) is 24.8 Å². The van der Waals surface area contributed by atoms with Crippen molar-refractivity contribution in [2.75, 3.05) is 31.6 Å². The van der Waals surface area contributed by atoms with Gasteiger partial charge in [0.25, 0.3) is 10.0 Å². The first-order valence-corrected chi connectivity index (χ1v) is 18.2. The summed E-state index contributed by atoms with van der Waals surface area (Å²) in [5.41, 5.74) is 3.64. The molecule has 9 nitrogen and oxygen atoms in total. The second-order valence-electron chi connectivity index (χ2n) is 12.4. The number of nitrogens with zero attached hydrogens (tertiary/aromatic N) is 2. The lowest BCUT2D eigenvalue weighted by atomic mass is 10.0. The zero-order chi connectivity index (χ0) is 35.7. The SMILES string of the molecule is COc1ccc(S(=O)(=O)N(CC(=O)N(Cc2ccc(Br)cc2)C(Cc2ccccc2)C(=O)NCC(C)C)c2cc(C)cc(C)c2)cc1OC. The number of ether oxygens (including phenoxy) is 2. The summed E-state index contributed by atoms with van der Waals surface area (Å²) in [4.78, 5) is 30.1. The molecule has 4 aromatic carbocycles. The predicted octanol–water partition coefficient (Wildman–Crippen LogP) is 6.69. The molecule has 0 saturated heterocycles. The maximum absolute atomic E-state index is 14.7. The Morgan fingerprint density at radius 2 is 1.45 bits per heavy atom. The van der Waals surface area contributed by atoms with E-state index in [0.29, 0.717) is 18.0 Å². The van der Waals surface area contributed by atoms with Gasteiger partial charge in [-0.15, -0.1) is 0 Å². The summed E-state index contributed by atoms with van der Waals surface area (Å²) >= 11 is 3.47. The lowest BCUT2D eigenvalue weighted by Crippen LogP contribution is -2.53. The van der Waals surface area contributed by atoms with Gasteiger partial charge >= 0.3 is 0 Å². The van der Waals surface area contributed by atoms with E-state index in [4.69, 9.17) is 9.47 Å². The molecule has 0 aromatic heterocycles. The van der Waals surface area contributed by atoms with Crippen molar-refractivity contribution in [1.82, 2.24) is 10.2 Å². The van der Waals surface area contributed by atoms with Crippen molar-refractivity contribution in [3.63, 3.8) is 0 Å². The Labute approximate surface area is 298 Å². The molecule has 260 valence electrons. The van der Waals surface area contributed by atoms with Crippen LogP contribution in [0.25, 0.3) is 0 Å². The first-order chi connectivity index (χ1) is 23.3. The third-order valence-electron chi connectivity index (χ3n) is 7.94. The minimum atomic E-state index is -4.34. The Balaban J connectivity index is 1.84. The molecule has 0 bridgehead atoms. The number of sulfonamides is 1. The Kier molecular flexibility index (Phi) is 12.9. The van der Waals surface area contributed by atoms with Crippen molar-refractivity contribution in [3.05, 3.63) is 118 Å². The van der Waals surface area contributed by atoms with E-state index in [1.165, 1.54) is 37.3 Å². The number of halogens is 1. The lowest BCUT2D eigenvalue weighted by molar-refractivity contribution is -0.140. The standard InChI is InChI=1S/C38H44BrN3O6S/c1-26(2)23-40-38(44)34(21-29-10-8-7-9-11-29)41(24-30-12-14-31(39)15-13-30)37(43)25-42(32-19-27(3)18-28(4)20-32)49(45,46)33-16-17-35(47-5)36(22-33)48-6/h7-20,22,26,34H,21,23-25H2,1-6H3,(H,40,44). The van der Waals surface area contributed by atoms with Gasteiger partial charge in [-0.25, -0.2) is 8.42 Å². The smallest absolute Gasteiger partial charge is 0.264 e. The molecule has 2 amide bonds. The van der Waals surface area contributed by atoms with Crippen molar-refractivity contribution >= 4 is 43.5 Å². The fraction of sp³-hybridized carbons (Fsp3) is 0.316. The van der Waals surface area contributed by atoms with Gasteiger partial charge in [0.2, 0.25) is 11.8 Å². The van der Waals surface area contributed by atoms with E-state index in [0.717, 1.165) is 31.0 Å². The molecule has 1 N–H and O–H groups in total. The monoisotopic (exact) mass is 749 g/mol. The van der Waals surface area contributed by atoms with Crippen LogP contribution in [0.1, 0.15) is 36.1 Å². The molecule has 1 unspecified atom stereocenters. The average Bonchev–Trinajstić information content (AvgIpc) is 3.07. The summed E-state index contributed by atoms with van der Waals surface area (Å²) in [6, 6.07) is 25.8. The fourth-order valence-electron chi connectivity index (χ4n) is 5.49. The quantitative estimate of drug-likeness (QED) is 0.145. The molecule has 0 radical (unpaired) electrons. The third-order valence-corrected chi connectivity index (χ3v) is 10.2. The number of nitrogens with one attached hydrogen (secondary N) is 1. The highest BCUT2D eigenvalue weighted by molar-refractivity contribution is 9.10. The van der Waals surface area contributed by atoms with Gasteiger partial charge in [0.15, 0.2) is 11.5 Å². The number of hydrogen-bond acceptors (Lipinski definition) is 6. The molecular weight excluding hydrogens is 706 g/mol. The van der Waals surface area contributed by atoms with Crippen LogP contribution in [-0.2, 0) is 32.6 Å². The molecule has 0 aliphatic rings. The minimum Gasteiger partial charge on any atom is -0.493 e. The van der Waals surface area contributed by atoms with E-state index in [1.807, 2.05) is 88.4 Å². The van der Waals surface area contributed by atoms with Gasteiger partial charge < -0.3 is 19.7 Å². The molecule has 4 aromatic rings. The van der Waals surface area contributed by atoms with Gasteiger partial charge in [-0.2, -0.15) is 0 Å². The zero-order valence-corrected chi connectivity index (χ0v) is 31.2. The lowest BCUT2D eigenvalue weighted by Gasteiger charge is -2.34. The van der Waals surface area contributed by atoms with E-state index < -0.39 is 28.5 Å². The van der Waals surface area contributed by atoms with E-state index in [9.17, 15) is 18.0 Å². The summed E-state index contributed by atoms with van der Waals surface area (Å²) in [6.07, 6.45) is 0.235. The Morgan fingerprint density at radius 3 is 2.04 bits per heavy atom. The zero-order valence-electron chi connectivity index (χ0n) is 28.8. The maximum atomic E-state index is 14.7. The molecule has 0 aliphatic carbocycles. The van der Waals surface area contributed by atoms with Crippen molar-refractivity contribution in [1.29, 1.82) is 0 Å². The number of carbonyl (C=O) groups excluding carboxylic acids is 2. The van der Waals surface area contributed by atoms with Gasteiger partial charge in [-0.3, -0.25) is 13.9 Å². The molecule has 4 rings (SSSR count). The summed E-state index contributed by atoms with van der Waals surface area (Å²) in [5, 5.41) is 3.01. The topological polar surface area (TPSA) is 105 Å². The first kappa shape index (κ1) is 37.5. The number of carbonyl (C=O) groups is 2. The van der Waals surface area contributed by atoms with E-state index in [1.54, 1.807) is 12.1 Å². The van der Waals surface area contributed by atoms with Crippen LogP contribution >= 0.6 is 15.9 Å². The first-order valence-electron chi connectivity index (χ1n) is 16.0. The summed E-state index contributed by atoms with van der Waals surface area (Å²) < 4.78 is 41.8. The van der Waals surface area contributed by atoms with Crippen molar-refractivity contribution in [2.45, 2.75) is 51.6 Å². The number of amides is 2. The molecule has 0 fully saturated rings. The Morgan fingerprint density at radius 1 is 0.816 bits per heavy atom. The van der Waals surface area contributed by atoms with Crippen LogP contribution in [0.2, 0.25) is 0 Å². The second kappa shape index (κ2) is 16.8. The highest BCUT2D eigenvalue weighted by atomic mass is 79.9. The Bertz CT molecular complexity index is 1830. The molecule has 1 atom stereocenters. The number of anilines is 1. The van der Waals surface area contributed by atoms with Crippen LogP contribution in [0.15, 0.2) is 100 Å². The van der Waals surface area contributed by atoms with Gasteiger partial charge in [0.1, 0.15) is 12.6 Å². The van der Waals surface area contributed by atoms with Gasteiger partial charge in [-0.05, 0) is 78.4 Å². The van der Waals surface area contributed by atoms with Crippen LogP contribution in [0, 0.1) is 19.8 Å². The summed E-state index contributed by atoms with van der Waals surface area (Å²) in [6.45, 7) is 7.68. The van der Waals surface area contributed by atoms with E-state index >= 15 is 0 Å². The molecule has 0 saturated carbocycles. The fourth-order valence-corrected chi connectivity index (χ4v) is 7.17. The van der Waals surface area contributed by atoms with Crippen LogP contribution in [0.3, 0.4) is 0 Å². The maximum Gasteiger partial charge on any atom is 0.264 e. The molecular formula is C38H44BrN3O6S. The number of methoxy groups -OCH3 is 2. The van der Waals surface area contributed by atoms with E-state index in [-0.39, 0.29) is 35.4 Å². The average molecular weight is 751 g/mol. The molecule has 0 aliphatic heterocycles. The molecule has 0 spiro atoms. The highest BCUT2D eigenvalue weighted by Crippen LogP contribution is 2.33. The third kappa shape index (κ3) is 9.86. The van der Waals surface area contributed by atoms with E-state index in [2.05, 4.69) is 21.2 Å². The summed E-state index contributed by atoms with van der Waals surface area (Å²) in [7, 11) is -1.44. The number of rotatable bonds is 15. The molecule has 49 heavy (non-hydrogen) atoms. The minimum absolute atomic E-state index is 0.0768. The number of benzene rings is 4. The van der Waals surface area contributed by atoms with Crippen molar-refractivity contribution in [3.8, 4) is 11.5 Å². The van der Waals surface area contributed by atoms with Crippen molar-refractivity contribution in [2.24, 2.45) is 5.92 Å². The van der Waals surface area contributed by atoms with Crippen LogP contribution < -0.4 is 19.1 Å². The molecule has 0 heterocycles. The van der Waals surface area contributed by atoms with Gasteiger partial charge in [0, 0.05) is 30.0 Å². The Hall–Kier alpha value is -4.35.